The molecule has 3 fully saturated rings. The summed E-state index contributed by atoms with van der Waals surface area (Å²) >= 11 is 0. The van der Waals surface area contributed by atoms with Gasteiger partial charge in [0, 0.05) is 75.5 Å². The highest BCUT2D eigenvalue weighted by atomic mass is 16.5. The van der Waals surface area contributed by atoms with E-state index in [4.69, 9.17) is 9.72 Å². The molecule has 4 heterocycles. The number of hydrogen-bond acceptors (Lipinski definition) is 8. The molecular weight excluding hydrogens is 522 g/mol. The minimum Gasteiger partial charge on any atom is -0.373 e. The second kappa shape index (κ2) is 13.5. The quantitative estimate of drug-likeness (QED) is 0.357. The first-order valence-electron chi connectivity index (χ1n) is 15.8. The Morgan fingerprint density at radius 3 is 2.43 bits per heavy atom. The average Bonchev–Trinajstić information content (AvgIpc) is 2.98. The molecule has 0 atom stereocenters. The van der Waals surface area contributed by atoms with Crippen LogP contribution < -0.4 is 15.5 Å². The van der Waals surface area contributed by atoms with Crippen molar-refractivity contribution in [2.75, 3.05) is 69.1 Å². The van der Waals surface area contributed by atoms with E-state index in [9.17, 15) is 0 Å². The Bertz CT molecular complexity index is 1290. The second-order valence-corrected chi connectivity index (χ2v) is 12.6. The van der Waals surface area contributed by atoms with E-state index in [2.05, 4.69) is 93.6 Å². The molecule has 3 aliphatic rings. The van der Waals surface area contributed by atoms with Crippen LogP contribution in [0.5, 0.6) is 0 Å². The van der Waals surface area contributed by atoms with E-state index in [0.29, 0.717) is 18.2 Å². The normalized spacial score (nSPS) is 19.3. The van der Waals surface area contributed by atoms with Crippen LogP contribution in [0.4, 0.5) is 17.3 Å². The largest absolute Gasteiger partial charge is 0.373 e. The summed E-state index contributed by atoms with van der Waals surface area (Å²) in [5, 5.41) is 6.89. The summed E-state index contributed by atoms with van der Waals surface area (Å²) in [6, 6.07) is 17.3. The van der Waals surface area contributed by atoms with Crippen LogP contribution in [0.3, 0.4) is 0 Å². The molecule has 0 spiro atoms. The molecule has 1 aromatic heterocycles. The lowest BCUT2D eigenvalue weighted by molar-refractivity contribution is -0.0834. The zero-order valence-corrected chi connectivity index (χ0v) is 25.6. The molecule has 0 aliphatic carbocycles. The predicted molar refractivity (Wildman–Crippen MR) is 171 cm³/mol. The minimum absolute atomic E-state index is 0.296. The van der Waals surface area contributed by atoms with E-state index >= 15 is 0 Å². The summed E-state index contributed by atoms with van der Waals surface area (Å²) < 4.78 is 5.91. The monoisotopic (exact) mass is 569 g/mol. The van der Waals surface area contributed by atoms with Gasteiger partial charge in [-0.1, -0.05) is 12.1 Å². The molecule has 0 radical (unpaired) electrons. The van der Waals surface area contributed by atoms with Gasteiger partial charge in [-0.15, -0.1) is 0 Å². The smallest absolute Gasteiger partial charge is 0.227 e. The minimum atomic E-state index is 0.296. The second-order valence-electron chi connectivity index (χ2n) is 12.6. The van der Waals surface area contributed by atoms with Gasteiger partial charge in [0.05, 0.1) is 17.9 Å². The number of benzene rings is 2. The van der Waals surface area contributed by atoms with Crippen LogP contribution in [-0.4, -0.2) is 90.9 Å². The third-order valence-electron chi connectivity index (χ3n) is 8.91. The van der Waals surface area contributed by atoms with Crippen molar-refractivity contribution in [2.45, 2.75) is 52.4 Å². The van der Waals surface area contributed by atoms with Crippen LogP contribution in [0.25, 0.3) is 11.3 Å². The maximum absolute atomic E-state index is 5.91. The van der Waals surface area contributed by atoms with E-state index in [1.165, 1.54) is 49.3 Å². The first-order valence-corrected chi connectivity index (χ1v) is 15.8. The maximum Gasteiger partial charge on any atom is 0.227 e. The van der Waals surface area contributed by atoms with Crippen molar-refractivity contribution >= 4 is 17.3 Å². The van der Waals surface area contributed by atoms with Gasteiger partial charge in [0.2, 0.25) is 5.95 Å². The van der Waals surface area contributed by atoms with Gasteiger partial charge in [-0.2, -0.15) is 0 Å². The van der Waals surface area contributed by atoms with Crippen LogP contribution in [0.1, 0.15) is 37.8 Å². The number of ether oxygens (including phenoxy) is 1. The molecule has 8 heteroatoms. The van der Waals surface area contributed by atoms with E-state index in [-0.39, 0.29) is 0 Å². The predicted octanol–water partition coefficient (Wildman–Crippen LogP) is 4.93. The Hall–Kier alpha value is -3.04. The third-order valence-corrected chi connectivity index (χ3v) is 8.91. The fraction of sp³-hybridized carbons (Fsp3) is 0.529. The van der Waals surface area contributed by atoms with Crippen molar-refractivity contribution in [3.63, 3.8) is 0 Å². The highest BCUT2D eigenvalue weighted by Gasteiger charge is 2.28. The molecule has 0 unspecified atom stereocenters. The number of anilines is 3. The van der Waals surface area contributed by atoms with Crippen molar-refractivity contribution in [1.82, 2.24) is 25.1 Å². The van der Waals surface area contributed by atoms with Crippen LogP contribution in [-0.2, 0) is 11.3 Å². The molecule has 0 saturated carbocycles. The van der Waals surface area contributed by atoms with Gasteiger partial charge in [-0.25, -0.2) is 9.97 Å². The lowest BCUT2D eigenvalue weighted by atomic mass is 9.97. The molecule has 6 rings (SSSR count). The molecular formula is C34H47N7O. The van der Waals surface area contributed by atoms with Crippen molar-refractivity contribution < 1.29 is 4.74 Å². The number of rotatable bonds is 10. The van der Waals surface area contributed by atoms with Gasteiger partial charge in [0.1, 0.15) is 0 Å². The number of aromatic nitrogens is 2. The summed E-state index contributed by atoms with van der Waals surface area (Å²) in [7, 11) is 0. The molecule has 2 N–H and O–H groups in total. The van der Waals surface area contributed by atoms with Crippen molar-refractivity contribution in [2.24, 2.45) is 5.92 Å². The maximum atomic E-state index is 5.91. The first kappa shape index (κ1) is 29.1. The Balaban J connectivity index is 1.01. The summed E-state index contributed by atoms with van der Waals surface area (Å²) in [5.74, 6) is 1.48. The van der Waals surface area contributed by atoms with Crippen LogP contribution >= 0.6 is 0 Å². The fourth-order valence-corrected chi connectivity index (χ4v) is 6.48. The molecule has 2 aromatic carbocycles. The molecule has 224 valence electrons. The third kappa shape index (κ3) is 7.48. The molecule has 3 aromatic rings. The number of aryl methyl sites for hydroxylation is 1. The van der Waals surface area contributed by atoms with Crippen molar-refractivity contribution in [1.29, 1.82) is 0 Å². The van der Waals surface area contributed by atoms with Gasteiger partial charge < -0.3 is 20.3 Å². The molecule has 0 amide bonds. The molecule has 3 aliphatic heterocycles. The van der Waals surface area contributed by atoms with Gasteiger partial charge in [-0.3, -0.25) is 9.80 Å². The van der Waals surface area contributed by atoms with Crippen LogP contribution in [0, 0.1) is 12.8 Å². The number of hydrogen-bond donors (Lipinski definition) is 2. The molecule has 42 heavy (non-hydrogen) atoms. The fourth-order valence-electron chi connectivity index (χ4n) is 6.48. The van der Waals surface area contributed by atoms with Crippen LogP contribution in [0.15, 0.2) is 54.7 Å². The van der Waals surface area contributed by atoms with Gasteiger partial charge in [0.25, 0.3) is 0 Å². The van der Waals surface area contributed by atoms with Gasteiger partial charge >= 0.3 is 0 Å². The van der Waals surface area contributed by atoms with E-state index in [1.807, 2.05) is 12.3 Å². The first-order chi connectivity index (χ1) is 20.5. The summed E-state index contributed by atoms with van der Waals surface area (Å²) in [6.07, 6.45) is 5.14. The Morgan fingerprint density at radius 1 is 0.952 bits per heavy atom. The molecule has 3 saturated heterocycles. The van der Waals surface area contributed by atoms with Crippen molar-refractivity contribution in [3.05, 3.63) is 65.9 Å². The average molecular weight is 570 g/mol. The van der Waals surface area contributed by atoms with Crippen molar-refractivity contribution in [3.8, 4) is 11.3 Å². The lowest BCUT2D eigenvalue weighted by Gasteiger charge is -2.40. The topological polar surface area (TPSA) is 68.8 Å². The number of piperidine rings is 1. The molecule has 8 nitrogen and oxygen atoms in total. The Morgan fingerprint density at radius 2 is 1.71 bits per heavy atom. The summed E-state index contributed by atoms with van der Waals surface area (Å²) in [5.41, 5.74) is 6.97. The van der Waals surface area contributed by atoms with Crippen LogP contribution in [0.2, 0.25) is 0 Å². The summed E-state index contributed by atoms with van der Waals surface area (Å²) in [6.45, 7) is 17.5. The molecule has 0 bridgehead atoms. The van der Waals surface area contributed by atoms with E-state index < -0.39 is 0 Å². The SMILES string of the molecule is Cc1cc(-c2ccnc(Nc3ccc(N4CCN(CC5CCNCC5)CC4)cc3)n2)ccc1CN1CC(OC(C)C)C1. The lowest BCUT2D eigenvalue weighted by Crippen LogP contribution is -2.52. The number of nitrogens with zero attached hydrogens (tertiary/aromatic N) is 5. The summed E-state index contributed by atoms with van der Waals surface area (Å²) in [4.78, 5) is 16.9. The zero-order valence-electron chi connectivity index (χ0n) is 25.6. The van der Waals surface area contributed by atoms with E-state index in [1.54, 1.807) is 0 Å². The highest BCUT2D eigenvalue weighted by molar-refractivity contribution is 5.64. The van der Waals surface area contributed by atoms with Gasteiger partial charge in [0.15, 0.2) is 0 Å². The number of piperazine rings is 1. The number of nitrogens with one attached hydrogen (secondary N) is 2. The highest BCUT2D eigenvalue weighted by Crippen LogP contribution is 2.26. The Labute approximate surface area is 251 Å². The Kier molecular flexibility index (Phi) is 9.34. The zero-order chi connectivity index (χ0) is 28.9. The van der Waals surface area contributed by atoms with Gasteiger partial charge in [-0.05, 0) is 100 Å². The van der Waals surface area contributed by atoms with E-state index in [0.717, 1.165) is 68.7 Å². The standard InChI is InChI=1S/C34H47N7O/c1-25(2)42-32-23-40(24-32)22-29-5-4-28(20-26(29)3)33-12-15-36-34(38-33)37-30-6-8-31(9-7-30)41-18-16-39(17-19-41)21-27-10-13-35-14-11-27/h4-9,12,15,20,25,27,32,35H,10-11,13-14,16-19,21-24H2,1-3H3,(H,36,37,38). The number of likely N-dealkylation sites (tertiary alicyclic amines) is 1.